The van der Waals surface area contributed by atoms with Crippen molar-refractivity contribution in [3.8, 4) is 0 Å². The van der Waals surface area contributed by atoms with Gasteiger partial charge in [0.15, 0.2) is 9.84 Å². The van der Waals surface area contributed by atoms with Crippen LogP contribution in [0.2, 0.25) is 0 Å². The first-order chi connectivity index (χ1) is 12.9. The highest BCUT2D eigenvalue weighted by Gasteiger charge is 2.30. The fourth-order valence-electron chi connectivity index (χ4n) is 3.15. The minimum Gasteiger partial charge on any atom is -0.450 e. The highest BCUT2D eigenvalue weighted by Crippen LogP contribution is 2.16. The smallest absolute Gasteiger partial charge is 0.409 e. The lowest BCUT2D eigenvalue weighted by Gasteiger charge is -2.34. The molecular formula is C16H23N5O5S. The minimum absolute atomic E-state index is 0.0352. The number of rotatable bonds is 4. The molecule has 2 aliphatic rings. The molecule has 2 saturated heterocycles. The summed E-state index contributed by atoms with van der Waals surface area (Å²) in [5.74, 6) is 0.244. The number of nitrogens with one attached hydrogen (secondary N) is 1. The van der Waals surface area contributed by atoms with Crippen LogP contribution in [0.25, 0.3) is 0 Å². The summed E-state index contributed by atoms with van der Waals surface area (Å²) in [5, 5.41) is 2.72. The third kappa shape index (κ3) is 4.85. The molecule has 11 heteroatoms. The third-order valence-electron chi connectivity index (χ3n) is 4.58. The molecule has 1 atom stereocenters. The Morgan fingerprint density at radius 2 is 2.00 bits per heavy atom. The van der Waals surface area contributed by atoms with Gasteiger partial charge in [-0.25, -0.2) is 23.2 Å². The topological polar surface area (TPSA) is 122 Å². The van der Waals surface area contributed by atoms with Crippen LogP contribution in [0.3, 0.4) is 0 Å². The van der Waals surface area contributed by atoms with Gasteiger partial charge in [0.2, 0.25) is 0 Å². The first kappa shape index (κ1) is 19.3. The zero-order valence-electron chi connectivity index (χ0n) is 15.1. The highest BCUT2D eigenvalue weighted by molar-refractivity contribution is 7.91. The van der Waals surface area contributed by atoms with E-state index in [9.17, 15) is 18.0 Å². The summed E-state index contributed by atoms with van der Waals surface area (Å²) in [4.78, 5) is 35.9. The van der Waals surface area contributed by atoms with E-state index in [1.807, 2.05) is 4.90 Å². The average molecular weight is 397 g/mol. The van der Waals surface area contributed by atoms with Crippen LogP contribution in [-0.2, 0) is 14.6 Å². The van der Waals surface area contributed by atoms with Crippen molar-refractivity contribution in [2.24, 2.45) is 0 Å². The SMILES string of the molecule is CCOC(=O)N1CCN(c2cc(C(=O)NC3CCS(=O)(=O)C3)ncn2)CC1. The van der Waals surface area contributed by atoms with E-state index >= 15 is 0 Å². The number of ether oxygens (including phenoxy) is 1. The van der Waals surface area contributed by atoms with Crippen molar-refractivity contribution in [2.45, 2.75) is 19.4 Å². The van der Waals surface area contributed by atoms with Gasteiger partial charge in [0.05, 0.1) is 18.1 Å². The number of anilines is 1. The Labute approximate surface area is 157 Å². The molecule has 0 aromatic carbocycles. The molecular weight excluding hydrogens is 374 g/mol. The monoisotopic (exact) mass is 397 g/mol. The Bertz CT molecular complexity index is 807. The predicted molar refractivity (Wildman–Crippen MR) is 97.4 cm³/mol. The maximum Gasteiger partial charge on any atom is 0.409 e. The molecule has 148 valence electrons. The van der Waals surface area contributed by atoms with Gasteiger partial charge in [-0.15, -0.1) is 0 Å². The predicted octanol–water partition coefficient (Wildman–Crippen LogP) is -0.328. The maximum atomic E-state index is 12.4. The molecule has 2 aliphatic heterocycles. The second-order valence-corrected chi connectivity index (χ2v) is 8.74. The largest absolute Gasteiger partial charge is 0.450 e. The number of carbonyl (C=O) groups is 2. The summed E-state index contributed by atoms with van der Waals surface area (Å²) in [7, 11) is -3.06. The lowest BCUT2D eigenvalue weighted by Crippen LogP contribution is -2.49. The van der Waals surface area contributed by atoms with Crippen molar-refractivity contribution in [3.05, 3.63) is 18.1 Å². The molecule has 0 saturated carbocycles. The van der Waals surface area contributed by atoms with Gasteiger partial charge in [0, 0.05) is 38.3 Å². The number of sulfone groups is 1. The van der Waals surface area contributed by atoms with Crippen LogP contribution < -0.4 is 10.2 Å². The molecule has 0 aliphatic carbocycles. The minimum atomic E-state index is -3.06. The van der Waals surface area contributed by atoms with E-state index in [4.69, 9.17) is 4.74 Å². The van der Waals surface area contributed by atoms with Crippen LogP contribution in [0.4, 0.5) is 10.6 Å². The molecule has 1 unspecified atom stereocenters. The zero-order chi connectivity index (χ0) is 19.4. The average Bonchev–Trinajstić information content (AvgIpc) is 3.00. The summed E-state index contributed by atoms with van der Waals surface area (Å²) in [5.41, 5.74) is 0.192. The number of hydrogen-bond acceptors (Lipinski definition) is 8. The van der Waals surface area contributed by atoms with Gasteiger partial charge >= 0.3 is 6.09 Å². The van der Waals surface area contributed by atoms with Gasteiger partial charge in [-0.3, -0.25) is 4.79 Å². The fraction of sp³-hybridized carbons (Fsp3) is 0.625. The summed E-state index contributed by atoms with van der Waals surface area (Å²) in [6, 6.07) is 1.20. The highest BCUT2D eigenvalue weighted by atomic mass is 32.2. The van der Waals surface area contributed by atoms with E-state index in [0.29, 0.717) is 45.0 Å². The lowest BCUT2D eigenvalue weighted by atomic mass is 10.2. The third-order valence-corrected chi connectivity index (χ3v) is 6.35. The van der Waals surface area contributed by atoms with Crippen molar-refractivity contribution in [1.29, 1.82) is 0 Å². The molecule has 1 N–H and O–H groups in total. The van der Waals surface area contributed by atoms with Crippen molar-refractivity contribution in [3.63, 3.8) is 0 Å². The van der Waals surface area contributed by atoms with Gasteiger partial charge in [-0.05, 0) is 13.3 Å². The van der Waals surface area contributed by atoms with Crippen LogP contribution in [-0.4, -0.2) is 85.6 Å². The maximum absolute atomic E-state index is 12.4. The molecule has 1 aromatic heterocycles. The van der Waals surface area contributed by atoms with Crippen molar-refractivity contribution < 1.29 is 22.7 Å². The lowest BCUT2D eigenvalue weighted by molar-refractivity contribution is 0.0935. The number of piperazine rings is 1. The summed E-state index contributed by atoms with van der Waals surface area (Å²) < 4.78 is 28.0. The van der Waals surface area contributed by atoms with Crippen LogP contribution in [0, 0.1) is 0 Å². The molecule has 2 amide bonds. The van der Waals surface area contributed by atoms with Gasteiger partial charge in [0.25, 0.3) is 5.91 Å². The number of hydrogen-bond donors (Lipinski definition) is 1. The summed E-state index contributed by atoms with van der Waals surface area (Å²) in [6.45, 7) is 4.25. The molecule has 1 aromatic rings. The summed E-state index contributed by atoms with van der Waals surface area (Å²) >= 11 is 0. The van der Waals surface area contributed by atoms with E-state index in [1.54, 1.807) is 17.9 Å². The molecule has 27 heavy (non-hydrogen) atoms. The van der Waals surface area contributed by atoms with Crippen molar-refractivity contribution >= 4 is 27.7 Å². The summed E-state index contributed by atoms with van der Waals surface area (Å²) in [6.07, 6.45) is 1.40. The Morgan fingerprint density at radius 3 is 2.63 bits per heavy atom. The van der Waals surface area contributed by atoms with E-state index in [2.05, 4.69) is 15.3 Å². The van der Waals surface area contributed by atoms with E-state index in [1.165, 1.54) is 6.33 Å². The first-order valence-corrected chi connectivity index (χ1v) is 10.7. The van der Waals surface area contributed by atoms with Gasteiger partial charge < -0.3 is 19.9 Å². The Morgan fingerprint density at radius 1 is 1.26 bits per heavy atom. The molecule has 10 nitrogen and oxygen atoms in total. The van der Waals surface area contributed by atoms with Gasteiger partial charge in [-0.1, -0.05) is 0 Å². The molecule has 3 rings (SSSR count). The molecule has 0 radical (unpaired) electrons. The van der Waals surface area contributed by atoms with Crippen LogP contribution >= 0.6 is 0 Å². The van der Waals surface area contributed by atoms with Gasteiger partial charge in [0.1, 0.15) is 17.8 Å². The second-order valence-electron chi connectivity index (χ2n) is 6.51. The van der Waals surface area contributed by atoms with Crippen molar-refractivity contribution in [1.82, 2.24) is 20.2 Å². The normalized spacial score (nSPS) is 21.7. The second kappa shape index (κ2) is 8.07. The van der Waals surface area contributed by atoms with Crippen LogP contribution in [0.1, 0.15) is 23.8 Å². The zero-order valence-corrected chi connectivity index (χ0v) is 15.9. The quantitative estimate of drug-likeness (QED) is 0.733. The molecule has 2 fully saturated rings. The standard InChI is InChI=1S/C16H23N5O5S/c1-2-26-16(23)21-6-4-20(5-7-21)14-9-13(17-11-18-14)15(22)19-12-3-8-27(24,25)10-12/h9,11-12H,2-8,10H2,1H3,(H,19,22). The van der Waals surface area contributed by atoms with E-state index in [0.717, 1.165) is 0 Å². The van der Waals surface area contributed by atoms with Gasteiger partial charge in [-0.2, -0.15) is 0 Å². The molecule has 0 bridgehead atoms. The molecule has 0 spiro atoms. The first-order valence-electron chi connectivity index (χ1n) is 8.88. The number of aromatic nitrogens is 2. The van der Waals surface area contributed by atoms with Crippen LogP contribution in [0.15, 0.2) is 12.4 Å². The Kier molecular flexibility index (Phi) is 5.78. The Balaban J connectivity index is 1.59. The molecule has 3 heterocycles. The number of carbonyl (C=O) groups excluding carboxylic acids is 2. The van der Waals surface area contributed by atoms with Crippen molar-refractivity contribution in [2.75, 3.05) is 49.2 Å². The van der Waals surface area contributed by atoms with E-state index < -0.39 is 15.7 Å². The number of nitrogens with zero attached hydrogens (tertiary/aromatic N) is 4. The Hall–Kier alpha value is -2.43. The van der Waals surface area contributed by atoms with E-state index in [-0.39, 0.29) is 29.3 Å². The fourth-order valence-corrected chi connectivity index (χ4v) is 4.82. The number of amides is 2. The van der Waals surface area contributed by atoms with Crippen LogP contribution in [0.5, 0.6) is 0 Å².